The number of ether oxygens (including phenoxy) is 3. The van der Waals surface area contributed by atoms with E-state index in [1.165, 1.54) is 14.2 Å². The standard InChI is InChI=1S/C14H21NO5/c1-18-11-5-10(6-12(19-2)13(11)16)7-15-8-14(17)3-4-20-9-14/h5-6,15-17H,3-4,7-9H2,1-2H3. The summed E-state index contributed by atoms with van der Waals surface area (Å²) in [7, 11) is 2.98. The molecule has 1 aromatic rings. The fourth-order valence-electron chi connectivity index (χ4n) is 2.23. The van der Waals surface area contributed by atoms with Gasteiger partial charge in [-0.2, -0.15) is 0 Å². The van der Waals surface area contributed by atoms with Crippen LogP contribution in [0.5, 0.6) is 17.2 Å². The zero-order valence-electron chi connectivity index (χ0n) is 11.8. The van der Waals surface area contributed by atoms with E-state index in [1.54, 1.807) is 12.1 Å². The Bertz CT molecular complexity index is 432. The monoisotopic (exact) mass is 283 g/mol. The van der Waals surface area contributed by atoms with E-state index in [4.69, 9.17) is 14.2 Å². The van der Waals surface area contributed by atoms with Crippen molar-refractivity contribution in [2.45, 2.75) is 18.6 Å². The van der Waals surface area contributed by atoms with E-state index in [2.05, 4.69) is 5.32 Å². The fourth-order valence-corrected chi connectivity index (χ4v) is 2.23. The SMILES string of the molecule is COc1cc(CNCC2(O)CCOC2)cc(OC)c1O. The third kappa shape index (κ3) is 3.33. The number of rotatable bonds is 6. The third-order valence-electron chi connectivity index (χ3n) is 3.41. The summed E-state index contributed by atoms with van der Waals surface area (Å²) in [5.74, 6) is 0.717. The highest BCUT2D eigenvalue weighted by molar-refractivity contribution is 5.52. The molecule has 0 spiro atoms. The summed E-state index contributed by atoms with van der Waals surface area (Å²) in [4.78, 5) is 0. The molecule has 0 aromatic heterocycles. The van der Waals surface area contributed by atoms with E-state index in [1.807, 2.05) is 0 Å². The molecule has 2 rings (SSSR count). The molecule has 6 heteroatoms. The van der Waals surface area contributed by atoms with Gasteiger partial charge in [0.25, 0.3) is 0 Å². The zero-order valence-corrected chi connectivity index (χ0v) is 11.8. The largest absolute Gasteiger partial charge is 0.502 e. The summed E-state index contributed by atoms with van der Waals surface area (Å²) in [6, 6.07) is 3.47. The van der Waals surface area contributed by atoms with Crippen molar-refractivity contribution in [3.8, 4) is 17.2 Å². The van der Waals surface area contributed by atoms with Gasteiger partial charge in [-0.25, -0.2) is 0 Å². The van der Waals surface area contributed by atoms with Crippen LogP contribution < -0.4 is 14.8 Å². The molecule has 6 nitrogen and oxygen atoms in total. The number of nitrogens with one attached hydrogen (secondary N) is 1. The highest BCUT2D eigenvalue weighted by Crippen LogP contribution is 2.37. The molecular weight excluding hydrogens is 262 g/mol. The maximum Gasteiger partial charge on any atom is 0.200 e. The van der Waals surface area contributed by atoms with Crippen LogP contribution >= 0.6 is 0 Å². The topological polar surface area (TPSA) is 80.2 Å². The predicted octanol–water partition coefficient (Wildman–Crippen LogP) is 0.650. The minimum atomic E-state index is -0.787. The van der Waals surface area contributed by atoms with Gasteiger partial charge in [-0.1, -0.05) is 0 Å². The summed E-state index contributed by atoms with van der Waals surface area (Å²) in [5, 5.41) is 23.1. The Morgan fingerprint density at radius 2 is 1.95 bits per heavy atom. The molecule has 1 saturated heterocycles. The van der Waals surface area contributed by atoms with Gasteiger partial charge in [0.05, 0.1) is 20.8 Å². The number of methoxy groups -OCH3 is 2. The Morgan fingerprint density at radius 1 is 1.30 bits per heavy atom. The number of aromatic hydroxyl groups is 1. The quantitative estimate of drug-likeness (QED) is 0.711. The van der Waals surface area contributed by atoms with Crippen LogP contribution in [0.25, 0.3) is 0 Å². The van der Waals surface area contributed by atoms with Crippen molar-refractivity contribution in [1.29, 1.82) is 0 Å². The van der Waals surface area contributed by atoms with Crippen molar-refractivity contribution in [3.63, 3.8) is 0 Å². The molecule has 112 valence electrons. The van der Waals surface area contributed by atoms with Crippen LogP contribution in [0.3, 0.4) is 0 Å². The second-order valence-electron chi connectivity index (χ2n) is 4.98. The average molecular weight is 283 g/mol. The Kier molecular flexibility index (Phi) is 4.69. The molecule has 20 heavy (non-hydrogen) atoms. The van der Waals surface area contributed by atoms with E-state index >= 15 is 0 Å². The maximum absolute atomic E-state index is 10.1. The van der Waals surface area contributed by atoms with Gasteiger partial charge in [0.2, 0.25) is 5.75 Å². The molecule has 1 aliphatic rings. The van der Waals surface area contributed by atoms with Crippen LogP contribution in [0.2, 0.25) is 0 Å². The van der Waals surface area contributed by atoms with E-state index < -0.39 is 5.60 Å². The fraction of sp³-hybridized carbons (Fsp3) is 0.571. The first-order valence-corrected chi connectivity index (χ1v) is 6.53. The van der Waals surface area contributed by atoms with Crippen molar-refractivity contribution in [3.05, 3.63) is 17.7 Å². The van der Waals surface area contributed by atoms with Gasteiger partial charge in [-0.3, -0.25) is 0 Å². The Balaban J connectivity index is 1.98. The molecule has 0 saturated carbocycles. The molecule has 0 aliphatic carbocycles. The lowest BCUT2D eigenvalue weighted by Gasteiger charge is -2.21. The Labute approximate surface area is 118 Å². The number of benzene rings is 1. The van der Waals surface area contributed by atoms with Crippen molar-refractivity contribution in [1.82, 2.24) is 5.32 Å². The highest BCUT2D eigenvalue weighted by atomic mass is 16.5. The molecule has 0 bridgehead atoms. The summed E-state index contributed by atoms with van der Waals surface area (Å²) in [6.07, 6.45) is 0.641. The first-order valence-electron chi connectivity index (χ1n) is 6.53. The zero-order chi connectivity index (χ0) is 14.6. The summed E-state index contributed by atoms with van der Waals surface area (Å²) in [5.41, 5.74) is 0.115. The first-order chi connectivity index (χ1) is 9.58. The van der Waals surface area contributed by atoms with E-state index in [0.717, 1.165) is 5.56 Å². The van der Waals surface area contributed by atoms with Crippen molar-refractivity contribution < 1.29 is 24.4 Å². The molecule has 1 unspecified atom stereocenters. The second kappa shape index (κ2) is 6.30. The molecule has 0 amide bonds. The van der Waals surface area contributed by atoms with Crippen LogP contribution in [0, 0.1) is 0 Å². The maximum atomic E-state index is 10.1. The summed E-state index contributed by atoms with van der Waals surface area (Å²) < 4.78 is 15.4. The molecule has 1 aromatic carbocycles. The second-order valence-corrected chi connectivity index (χ2v) is 4.98. The third-order valence-corrected chi connectivity index (χ3v) is 3.41. The van der Waals surface area contributed by atoms with Crippen molar-refractivity contribution >= 4 is 0 Å². The Morgan fingerprint density at radius 3 is 2.45 bits per heavy atom. The lowest BCUT2D eigenvalue weighted by atomic mass is 10.0. The van der Waals surface area contributed by atoms with Crippen molar-refractivity contribution in [2.75, 3.05) is 34.0 Å². The number of phenols is 1. The van der Waals surface area contributed by atoms with Crippen LogP contribution in [0.1, 0.15) is 12.0 Å². The van der Waals surface area contributed by atoms with E-state index in [9.17, 15) is 10.2 Å². The van der Waals surface area contributed by atoms with Crippen molar-refractivity contribution in [2.24, 2.45) is 0 Å². The number of aliphatic hydroxyl groups is 1. The van der Waals surface area contributed by atoms with Gasteiger partial charge in [-0.15, -0.1) is 0 Å². The molecule has 1 aliphatic heterocycles. The lowest BCUT2D eigenvalue weighted by molar-refractivity contribution is 0.0268. The normalized spacial score (nSPS) is 21.9. The summed E-state index contributed by atoms with van der Waals surface area (Å²) in [6.45, 7) is 1.95. The minimum absolute atomic E-state index is 0.0124. The van der Waals surface area contributed by atoms with Gasteiger partial charge >= 0.3 is 0 Å². The van der Waals surface area contributed by atoms with Gasteiger partial charge in [0.1, 0.15) is 5.60 Å². The molecular formula is C14H21NO5. The van der Waals surface area contributed by atoms with Crippen LogP contribution in [-0.2, 0) is 11.3 Å². The van der Waals surface area contributed by atoms with Crippen LogP contribution in [0.4, 0.5) is 0 Å². The van der Waals surface area contributed by atoms with Gasteiger partial charge in [0.15, 0.2) is 11.5 Å². The van der Waals surface area contributed by atoms with Gasteiger partial charge < -0.3 is 29.7 Å². The van der Waals surface area contributed by atoms with Crippen LogP contribution in [0.15, 0.2) is 12.1 Å². The Hall–Kier alpha value is -1.50. The van der Waals surface area contributed by atoms with E-state index in [0.29, 0.717) is 44.2 Å². The molecule has 1 fully saturated rings. The predicted molar refractivity (Wildman–Crippen MR) is 73.3 cm³/mol. The summed E-state index contributed by atoms with van der Waals surface area (Å²) >= 11 is 0. The van der Waals surface area contributed by atoms with Crippen LogP contribution in [-0.4, -0.2) is 49.8 Å². The van der Waals surface area contributed by atoms with E-state index in [-0.39, 0.29) is 5.75 Å². The molecule has 3 N–H and O–H groups in total. The molecule has 1 heterocycles. The number of hydrogen-bond donors (Lipinski definition) is 3. The number of phenolic OH excluding ortho intramolecular Hbond substituents is 1. The smallest absolute Gasteiger partial charge is 0.200 e. The minimum Gasteiger partial charge on any atom is -0.502 e. The first kappa shape index (κ1) is 14.9. The number of hydrogen-bond acceptors (Lipinski definition) is 6. The molecule has 1 atom stereocenters. The average Bonchev–Trinajstić information content (AvgIpc) is 2.87. The van der Waals surface area contributed by atoms with Gasteiger partial charge in [-0.05, 0) is 17.7 Å². The molecule has 0 radical (unpaired) electrons. The lowest BCUT2D eigenvalue weighted by Crippen LogP contribution is -2.40. The van der Waals surface area contributed by atoms with Gasteiger partial charge in [0, 0.05) is 26.1 Å². The highest BCUT2D eigenvalue weighted by Gasteiger charge is 2.31.